The summed E-state index contributed by atoms with van der Waals surface area (Å²) in [5, 5.41) is 0.808. The predicted molar refractivity (Wildman–Crippen MR) is 120 cm³/mol. The van der Waals surface area contributed by atoms with Crippen LogP contribution in [0.25, 0.3) is 10.9 Å². The maximum Gasteiger partial charge on any atom is 0.263 e. The lowest BCUT2D eigenvalue weighted by atomic mass is 10.1. The summed E-state index contributed by atoms with van der Waals surface area (Å²) >= 11 is 0. The van der Waals surface area contributed by atoms with E-state index in [4.69, 9.17) is 10.5 Å². The highest BCUT2D eigenvalue weighted by atomic mass is 16.5. The molecule has 0 saturated carbocycles. The van der Waals surface area contributed by atoms with E-state index in [1.807, 2.05) is 61.5 Å². The number of aromatic nitrogens is 1. The number of fused-ring (bicyclic) bond motifs is 1. The third kappa shape index (κ3) is 4.30. The molecule has 1 aromatic heterocycles. The quantitative estimate of drug-likeness (QED) is 0.704. The van der Waals surface area contributed by atoms with Gasteiger partial charge in [0.25, 0.3) is 11.8 Å². The Hall–Kier alpha value is -3.61. The summed E-state index contributed by atoms with van der Waals surface area (Å²) in [4.78, 5) is 33.7. The third-order valence-electron chi connectivity index (χ3n) is 5.58. The van der Waals surface area contributed by atoms with E-state index in [0.29, 0.717) is 36.8 Å². The van der Waals surface area contributed by atoms with E-state index in [1.54, 1.807) is 22.8 Å². The number of nitrogens with two attached hydrogens (primary N) is 1. The molecule has 2 amide bonds. The zero-order valence-electron chi connectivity index (χ0n) is 17.7. The van der Waals surface area contributed by atoms with Crippen LogP contribution in [0.2, 0.25) is 0 Å². The molecule has 7 nitrogen and oxygen atoms in total. The second-order valence-electron chi connectivity index (χ2n) is 7.82. The minimum Gasteiger partial charge on any atom is -0.480 e. The first kappa shape index (κ1) is 20.7. The van der Waals surface area contributed by atoms with E-state index < -0.39 is 6.10 Å². The van der Waals surface area contributed by atoms with Crippen molar-refractivity contribution < 1.29 is 14.3 Å². The van der Waals surface area contributed by atoms with Gasteiger partial charge in [0, 0.05) is 36.6 Å². The Balaban J connectivity index is 1.42. The predicted octanol–water partition coefficient (Wildman–Crippen LogP) is 2.96. The Morgan fingerprint density at radius 2 is 1.84 bits per heavy atom. The number of carbonyl (C=O) groups excluding carboxylic acids is 2. The molecule has 2 heterocycles. The molecule has 0 aliphatic carbocycles. The van der Waals surface area contributed by atoms with Gasteiger partial charge in [-0.2, -0.15) is 0 Å². The van der Waals surface area contributed by atoms with Crippen LogP contribution in [0.3, 0.4) is 0 Å². The van der Waals surface area contributed by atoms with Gasteiger partial charge in [-0.25, -0.2) is 4.98 Å². The number of piperazine rings is 1. The fourth-order valence-corrected chi connectivity index (χ4v) is 3.95. The summed E-state index contributed by atoms with van der Waals surface area (Å²) in [5.74, 6) is 0.924. The van der Waals surface area contributed by atoms with Crippen LogP contribution in [0.5, 0.6) is 5.75 Å². The van der Waals surface area contributed by atoms with E-state index in [0.717, 1.165) is 10.9 Å². The van der Waals surface area contributed by atoms with Crippen molar-refractivity contribution in [2.45, 2.75) is 26.0 Å². The molecule has 3 aromatic rings. The molecular weight excluding hydrogens is 392 g/mol. The van der Waals surface area contributed by atoms with Crippen molar-refractivity contribution in [3.8, 4) is 5.75 Å². The number of anilines is 1. The van der Waals surface area contributed by atoms with Crippen molar-refractivity contribution in [1.29, 1.82) is 0 Å². The minimum atomic E-state index is -0.665. The molecule has 1 aliphatic rings. The number of rotatable bonds is 4. The van der Waals surface area contributed by atoms with Crippen LogP contribution in [0.1, 0.15) is 24.2 Å². The molecule has 0 unspecified atom stereocenters. The molecule has 2 N–H and O–H groups in total. The zero-order valence-corrected chi connectivity index (χ0v) is 17.7. The summed E-state index contributed by atoms with van der Waals surface area (Å²) < 4.78 is 6.02. The van der Waals surface area contributed by atoms with Crippen molar-refractivity contribution in [1.82, 2.24) is 14.8 Å². The van der Waals surface area contributed by atoms with Crippen molar-refractivity contribution in [3.63, 3.8) is 0 Å². The Bertz CT molecular complexity index is 1100. The molecule has 1 aliphatic heterocycles. The smallest absolute Gasteiger partial charge is 0.263 e. The first-order chi connectivity index (χ1) is 14.9. The van der Waals surface area contributed by atoms with Gasteiger partial charge in [-0.15, -0.1) is 0 Å². The van der Waals surface area contributed by atoms with Crippen LogP contribution < -0.4 is 10.5 Å². The molecule has 2 atom stereocenters. The number of ether oxygens (including phenoxy) is 1. The molecule has 0 radical (unpaired) electrons. The van der Waals surface area contributed by atoms with Gasteiger partial charge in [0.1, 0.15) is 11.6 Å². The first-order valence-electron chi connectivity index (χ1n) is 10.4. The summed E-state index contributed by atoms with van der Waals surface area (Å²) in [6.07, 6.45) is -0.665. The van der Waals surface area contributed by atoms with Crippen molar-refractivity contribution in [2.24, 2.45) is 0 Å². The fraction of sp³-hybridized carbons (Fsp3) is 0.292. The van der Waals surface area contributed by atoms with Crippen molar-refractivity contribution in [3.05, 3.63) is 66.2 Å². The molecule has 1 fully saturated rings. The average Bonchev–Trinajstić information content (AvgIpc) is 2.78. The number of hydrogen-bond donors (Lipinski definition) is 1. The number of amides is 2. The highest BCUT2D eigenvalue weighted by Crippen LogP contribution is 2.26. The first-order valence-corrected chi connectivity index (χ1v) is 10.4. The molecular formula is C24H26N4O3. The number of hydrogen-bond acceptors (Lipinski definition) is 5. The third-order valence-corrected chi connectivity index (χ3v) is 5.58. The second kappa shape index (κ2) is 8.63. The van der Waals surface area contributed by atoms with Gasteiger partial charge < -0.3 is 20.3 Å². The average molecular weight is 418 g/mol. The lowest BCUT2D eigenvalue weighted by molar-refractivity contribution is -0.142. The van der Waals surface area contributed by atoms with Crippen LogP contribution in [0.15, 0.2) is 60.7 Å². The molecule has 4 rings (SSSR count). The number of pyridine rings is 1. The van der Waals surface area contributed by atoms with E-state index >= 15 is 0 Å². The van der Waals surface area contributed by atoms with Crippen molar-refractivity contribution >= 4 is 28.5 Å². The molecule has 2 aromatic carbocycles. The van der Waals surface area contributed by atoms with Crippen LogP contribution in [-0.4, -0.2) is 58.4 Å². The van der Waals surface area contributed by atoms with Crippen LogP contribution >= 0.6 is 0 Å². The summed E-state index contributed by atoms with van der Waals surface area (Å²) in [6.45, 7) is 5.16. The van der Waals surface area contributed by atoms with Gasteiger partial charge in [0.2, 0.25) is 0 Å². The van der Waals surface area contributed by atoms with Crippen LogP contribution in [-0.2, 0) is 4.79 Å². The minimum absolute atomic E-state index is 0.00799. The highest BCUT2D eigenvalue weighted by molar-refractivity contribution is 5.94. The van der Waals surface area contributed by atoms with Gasteiger partial charge in [0.05, 0.1) is 5.52 Å². The molecule has 0 spiro atoms. The fourth-order valence-electron chi connectivity index (χ4n) is 3.95. The maximum absolute atomic E-state index is 13.1. The number of nitrogens with zero attached hydrogens (tertiary/aromatic N) is 3. The van der Waals surface area contributed by atoms with Gasteiger partial charge in [-0.1, -0.05) is 24.3 Å². The summed E-state index contributed by atoms with van der Waals surface area (Å²) in [7, 11) is 0. The van der Waals surface area contributed by atoms with Gasteiger partial charge in [0.15, 0.2) is 6.10 Å². The molecule has 0 bridgehead atoms. The highest BCUT2D eigenvalue weighted by Gasteiger charge is 2.33. The van der Waals surface area contributed by atoms with E-state index in [-0.39, 0.29) is 17.9 Å². The van der Waals surface area contributed by atoms with Crippen LogP contribution in [0, 0.1) is 0 Å². The van der Waals surface area contributed by atoms with Gasteiger partial charge in [-0.3, -0.25) is 9.59 Å². The van der Waals surface area contributed by atoms with Gasteiger partial charge in [-0.05, 0) is 50.2 Å². The van der Waals surface area contributed by atoms with Crippen LogP contribution in [0.4, 0.5) is 5.82 Å². The monoisotopic (exact) mass is 418 g/mol. The van der Waals surface area contributed by atoms with Gasteiger partial charge >= 0.3 is 0 Å². The van der Waals surface area contributed by atoms with E-state index in [2.05, 4.69) is 4.98 Å². The molecule has 1 saturated heterocycles. The van der Waals surface area contributed by atoms with E-state index in [1.165, 1.54) is 0 Å². The Labute approximate surface area is 181 Å². The lowest BCUT2D eigenvalue weighted by Crippen LogP contribution is -2.57. The Kier molecular flexibility index (Phi) is 5.75. The number of benzene rings is 2. The SMILES string of the molecule is C[C@H](Oc1cccc2nc(N)ccc12)C(=O)N1CCN(C(=O)c2ccccc2)C[C@H]1C. The maximum atomic E-state index is 13.1. The number of carbonyl (C=O) groups is 2. The Morgan fingerprint density at radius 3 is 2.58 bits per heavy atom. The molecule has 31 heavy (non-hydrogen) atoms. The topological polar surface area (TPSA) is 88.8 Å². The number of nitrogen functional groups attached to an aromatic ring is 1. The lowest BCUT2D eigenvalue weighted by Gasteiger charge is -2.40. The van der Waals surface area contributed by atoms with Crippen molar-refractivity contribution in [2.75, 3.05) is 25.4 Å². The Morgan fingerprint density at radius 1 is 1.06 bits per heavy atom. The van der Waals surface area contributed by atoms with E-state index in [9.17, 15) is 9.59 Å². The molecule has 7 heteroatoms. The summed E-state index contributed by atoms with van der Waals surface area (Å²) in [6, 6.07) is 18.2. The molecule has 160 valence electrons. The zero-order chi connectivity index (χ0) is 22.0. The largest absolute Gasteiger partial charge is 0.480 e. The summed E-state index contributed by atoms with van der Waals surface area (Å²) in [5.41, 5.74) is 7.15. The normalized spacial score (nSPS) is 17.4. The second-order valence-corrected chi connectivity index (χ2v) is 7.82. The standard InChI is InChI=1S/C24H26N4O3/c1-16-15-27(24(30)18-7-4-3-5-8-18)13-14-28(16)23(29)17(2)31-21-10-6-9-20-19(21)11-12-22(25)26-20/h3-12,16-17H,13-15H2,1-2H3,(H2,25,26)/t16-,17+/m1/s1.